The van der Waals surface area contributed by atoms with E-state index in [4.69, 9.17) is 9.15 Å². The lowest BCUT2D eigenvalue weighted by molar-refractivity contribution is 0.0716. The molecule has 0 radical (unpaired) electrons. The van der Waals surface area contributed by atoms with E-state index in [2.05, 4.69) is 0 Å². The maximum Gasteiger partial charge on any atom is 0.290 e. The van der Waals surface area contributed by atoms with Gasteiger partial charge in [0.25, 0.3) is 5.91 Å². The van der Waals surface area contributed by atoms with Crippen LogP contribution in [0.15, 0.2) is 88.1 Å². The number of para-hydroxylation sites is 1. The molecule has 1 aliphatic rings. The highest BCUT2D eigenvalue weighted by Gasteiger charge is 2.42. The van der Waals surface area contributed by atoms with Crippen molar-refractivity contribution in [2.24, 2.45) is 0 Å². The van der Waals surface area contributed by atoms with Crippen LogP contribution >= 0.6 is 0 Å². The second-order valence-electron chi connectivity index (χ2n) is 8.72. The van der Waals surface area contributed by atoms with Crippen molar-refractivity contribution >= 4 is 16.9 Å². The van der Waals surface area contributed by atoms with Gasteiger partial charge in [-0.2, -0.15) is 0 Å². The fourth-order valence-corrected chi connectivity index (χ4v) is 4.34. The molecule has 0 saturated heterocycles. The largest absolute Gasteiger partial charge is 0.489 e. The van der Waals surface area contributed by atoms with E-state index in [0.29, 0.717) is 36.2 Å². The van der Waals surface area contributed by atoms with Gasteiger partial charge >= 0.3 is 0 Å². The Bertz CT molecular complexity index is 1380. The average molecular weight is 455 g/mol. The molecule has 4 aromatic rings. The molecule has 6 nitrogen and oxygen atoms in total. The van der Waals surface area contributed by atoms with Crippen LogP contribution in [0, 0.1) is 0 Å². The Morgan fingerprint density at radius 1 is 0.912 bits per heavy atom. The summed E-state index contributed by atoms with van der Waals surface area (Å²) in [5.74, 6) is 0.605. The van der Waals surface area contributed by atoms with Crippen LogP contribution in [0.25, 0.3) is 11.0 Å². The summed E-state index contributed by atoms with van der Waals surface area (Å²) in [6.07, 6.45) is 0. The summed E-state index contributed by atoms with van der Waals surface area (Å²) in [7, 11) is 3.92. The fourth-order valence-electron chi connectivity index (χ4n) is 4.34. The number of ether oxygens (including phenoxy) is 1. The van der Waals surface area contributed by atoms with Crippen molar-refractivity contribution in [1.29, 1.82) is 0 Å². The van der Waals surface area contributed by atoms with Gasteiger partial charge in [0, 0.05) is 13.1 Å². The number of hydrogen-bond donors (Lipinski definition) is 0. The lowest BCUT2D eigenvalue weighted by Crippen LogP contribution is -2.35. The maximum absolute atomic E-state index is 13.5. The Labute approximate surface area is 198 Å². The van der Waals surface area contributed by atoms with Crippen LogP contribution in [-0.2, 0) is 6.61 Å². The highest BCUT2D eigenvalue weighted by molar-refractivity contribution is 5.99. The number of rotatable bonds is 7. The lowest BCUT2D eigenvalue weighted by atomic mass is 9.98. The Hall–Kier alpha value is -3.90. The van der Waals surface area contributed by atoms with Gasteiger partial charge in [0.15, 0.2) is 5.43 Å². The molecule has 5 rings (SSSR count). The Kier molecular flexibility index (Phi) is 5.90. The summed E-state index contributed by atoms with van der Waals surface area (Å²) >= 11 is 0. The van der Waals surface area contributed by atoms with Crippen molar-refractivity contribution in [3.05, 3.63) is 112 Å². The third-order valence-electron chi connectivity index (χ3n) is 6.11. The van der Waals surface area contributed by atoms with E-state index in [1.807, 2.05) is 73.6 Å². The van der Waals surface area contributed by atoms with Crippen LogP contribution in [0.3, 0.4) is 0 Å². The van der Waals surface area contributed by atoms with Crippen LogP contribution in [0.1, 0.15) is 33.3 Å². The Morgan fingerprint density at radius 3 is 2.35 bits per heavy atom. The minimum absolute atomic E-state index is 0.136. The minimum atomic E-state index is -0.508. The molecule has 0 spiro atoms. The lowest BCUT2D eigenvalue weighted by Gasteiger charge is -2.26. The van der Waals surface area contributed by atoms with Crippen molar-refractivity contribution in [2.45, 2.75) is 12.6 Å². The number of carbonyl (C=O) groups excluding carboxylic acids is 1. The first-order valence-corrected chi connectivity index (χ1v) is 11.3. The molecule has 1 unspecified atom stereocenters. The molecule has 0 bridgehead atoms. The number of hydrogen-bond acceptors (Lipinski definition) is 5. The van der Waals surface area contributed by atoms with E-state index in [-0.39, 0.29) is 17.1 Å². The van der Waals surface area contributed by atoms with Gasteiger partial charge in [-0.3, -0.25) is 9.59 Å². The summed E-state index contributed by atoms with van der Waals surface area (Å²) in [6, 6.07) is 24.1. The SMILES string of the molecule is CN(C)CCN1C(=O)c2oc3ccccc3c(=O)c2C1c1ccc(OCc2ccccc2)cc1. The molecule has 172 valence electrons. The van der Waals surface area contributed by atoms with Gasteiger partial charge < -0.3 is 19.0 Å². The van der Waals surface area contributed by atoms with E-state index >= 15 is 0 Å². The number of benzene rings is 3. The van der Waals surface area contributed by atoms with E-state index in [0.717, 1.165) is 16.9 Å². The molecule has 6 heteroatoms. The zero-order chi connectivity index (χ0) is 23.7. The van der Waals surface area contributed by atoms with Gasteiger partial charge in [-0.25, -0.2) is 0 Å². The molecule has 1 atom stereocenters. The van der Waals surface area contributed by atoms with Crippen molar-refractivity contribution < 1.29 is 13.9 Å². The smallest absolute Gasteiger partial charge is 0.290 e. The quantitative estimate of drug-likeness (QED) is 0.412. The highest BCUT2D eigenvalue weighted by Crippen LogP contribution is 2.38. The van der Waals surface area contributed by atoms with Gasteiger partial charge in [-0.1, -0.05) is 54.6 Å². The molecule has 0 aliphatic carbocycles. The molecule has 34 heavy (non-hydrogen) atoms. The summed E-state index contributed by atoms with van der Waals surface area (Å²) in [5.41, 5.74) is 2.60. The first-order valence-electron chi connectivity index (χ1n) is 11.3. The molecular weight excluding hydrogens is 428 g/mol. The first-order chi connectivity index (χ1) is 16.5. The fraction of sp³-hybridized carbons (Fsp3) is 0.214. The first kappa shape index (κ1) is 21.9. The minimum Gasteiger partial charge on any atom is -0.489 e. The van der Waals surface area contributed by atoms with Crippen molar-refractivity contribution in [3.8, 4) is 5.75 Å². The van der Waals surface area contributed by atoms with Crippen molar-refractivity contribution in [1.82, 2.24) is 9.80 Å². The van der Waals surface area contributed by atoms with Crippen LogP contribution in [0.5, 0.6) is 5.75 Å². The van der Waals surface area contributed by atoms with E-state index in [1.165, 1.54) is 0 Å². The van der Waals surface area contributed by atoms with E-state index < -0.39 is 6.04 Å². The molecular formula is C28H26N2O4. The summed E-state index contributed by atoms with van der Waals surface area (Å²) in [5, 5.41) is 0.483. The second-order valence-corrected chi connectivity index (χ2v) is 8.72. The molecule has 0 N–H and O–H groups in total. The monoisotopic (exact) mass is 454 g/mol. The van der Waals surface area contributed by atoms with E-state index in [9.17, 15) is 9.59 Å². The molecule has 2 heterocycles. The third kappa shape index (κ3) is 4.08. The number of fused-ring (bicyclic) bond motifs is 2. The Morgan fingerprint density at radius 2 is 1.62 bits per heavy atom. The van der Waals surface area contributed by atoms with Gasteiger partial charge in [-0.05, 0) is 49.5 Å². The number of carbonyl (C=O) groups is 1. The molecule has 3 aromatic carbocycles. The van der Waals surface area contributed by atoms with Crippen LogP contribution in [0.2, 0.25) is 0 Å². The van der Waals surface area contributed by atoms with Crippen LogP contribution < -0.4 is 10.2 Å². The third-order valence-corrected chi connectivity index (χ3v) is 6.11. The standard InChI is InChI=1S/C28H26N2O4/c1-29(2)16-17-30-25(20-12-14-21(15-13-20)33-18-19-8-4-3-5-9-19)24-26(31)22-10-6-7-11-23(22)34-27(24)28(30)32/h3-15,25H,16-18H2,1-2H3. The number of nitrogens with zero attached hydrogens (tertiary/aromatic N) is 2. The van der Waals surface area contributed by atoms with Gasteiger partial charge in [0.2, 0.25) is 5.76 Å². The molecule has 1 amide bonds. The number of amides is 1. The normalized spacial score (nSPS) is 15.2. The number of likely N-dealkylation sites (N-methyl/N-ethyl adjacent to an activating group) is 1. The summed E-state index contributed by atoms with van der Waals surface area (Å²) in [6.45, 7) is 1.61. The second kappa shape index (κ2) is 9.15. The van der Waals surface area contributed by atoms with Crippen LogP contribution in [-0.4, -0.2) is 42.9 Å². The highest BCUT2D eigenvalue weighted by atomic mass is 16.5. The van der Waals surface area contributed by atoms with Gasteiger partial charge in [-0.15, -0.1) is 0 Å². The topological polar surface area (TPSA) is 63.0 Å². The molecule has 1 aliphatic heterocycles. The summed E-state index contributed by atoms with van der Waals surface area (Å²) < 4.78 is 11.9. The summed E-state index contributed by atoms with van der Waals surface area (Å²) in [4.78, 5) is 30.6. The zero-order valence-corrected chi connectivity index (χ0v) is 19.2. The predicted molar refractivity (Wildman–Crippen MR) is 131 cm³/mol. The molecule has 0 fully saturated rings. The average Bonchev–Trinajstić information content (AvgIpc) is 3.14. The van der Waals surface area contributed by atoms with E-state index in [1.54, 1.807) is 29.2 Å². The van der Waals surface area contributed by atoms with Crippen molar-refractivity contribution in [2.75, 3.05) is 27.2 Å². The Balaban J connectivity index is 1.51. The van der Waals surface area contributed by atoms with Crippen LogP contribution in [0.4, 0.5) is 0 Å². The van der Waals surface area contributed by atoms with Crippen molar-refractivity contribution in [3.63, 3.8) is 0 Å². The zero-order valence-electron chi connectivity index (χ0n) is 19.2. The molecule has 1 aromatic heterocycles. The predicted octanol–water partition coefficient (Wildman–Crippen LogP) is 4.48. The van der Waals surface area contributed by atoms with Gasteiger partial charge in [0.1, 0.15) is 17.9 Å². The maximum atomic E-state index is 13.5. The molecule has 0 saturated carbocycles. The van der Waals surface area contributed by atoms with Gasteiger partial charge in [0.05, 0.1) is 17.0 Å².